The Morgan fingerprint density at radius 3 is 2.53 bits per heavy atom. The van der Waals surface area contributed by atoms with Crippen molar-refractivity contribution in [3.05, 3.63) is 34.7 Å². The quantitative estimate of drug-likeness (QED) is 0.920. The van der Waals surface area contributed by atoms with Gasteiger partial charge in [0, 0.05) is 5.56 Å². The summed E-state index contributed by atoms with van der Waals surface area (Å²) in [6.07, 6.45) is -4.74. The van der Waals surface area contributed by atoms with E-state index in [4.69, 9.17) is 16.7 Å². The molecule has 100 valence electrons. The lowest BCUT2D eigenvalue weighted by molar-refractivity contribution is -0.159. The van der Waals surface area contributed by atoms with E-state index in [1.807, 2.05) is 0 Å². The fourth-order valence-electron chi connectivity index (χ4n) is 1.28. The Labute approximate surface area is 108 Å². The van der Waals surface area contributed by atoms with Crippen LogP contribution in [0, 0.1) is 0 Å². The molecule has 1 aromatic carbocycles. The molecular formula is C10H4ClF3N2O3. The van der Waals surface area contributed by atoms with Gasteiger partial charge in [-0.1, -0.05) is 22.8 Å². The summed E-state index contributed by atoms with van der Waals surface area (Å²) >= 11 is 5.68. The Kier molecular flexibility index (Phi) is 3.19. The number of carboxylic acid groups (broad SMARTS) is 1. The van der Waals surface area contributed by atoms with Gasteiger partial charge in [-0.05, 0) is 12.1 Å². The minimum absolute atomic E-state index is 0.120. The summed E-state index contributed by atoms with van der Waals surface area (Å²) < 4.78 is 40.9. The maximum atomic E-state index is 12.3. The molecule has 1 heterocycles. The van der Waals surface area contributed by atoms with Crippen LogP contribution in [0.25, 0.3) is 11.4 Å². The van der Waals surface area contributed by atoms with Crippen LogP contribution in [-0.4, -0.2) is 21.2 Å². The van der Waals surface area contributed by atoms with Gasteiger partial charge in [-0.15, -0.1) is 0 Å². The minimum Gasteiger partial charge on any atom is -0.478 e. The molecule has 2 rings (SSSR count). The lowest BCUT2D eigenvalue weighted by atomic mass is 10.1. The molecule has 1 aromatic heterocycles. The highest BCUT2D eigenvalue weighted by Crippen LogP contribution is 2.30. The van der Waals surface area contributed by atoms with Gasteiger partial charge in [0.15, 0.2) is 0 Å². The van der Waals surface area contributed by atoms with Crippen LogP contribution in [0.4, 0.5) is 13.2 Å². The zero-order valence-electron chi connectivity index (χ0n) is 8.90. The third-order valence-corrected chi connectivity index (χ3v) is 2.44. The van der Waals surface area contributed by atoms with Crippen molar-refractivity contribution in [1.29, 1.82) is 0 Å². The van der Waals surface area contributed by atoms with Crippen molar-refractivity contribution in [2.45, 2.75) is 6.18 Å². The lowest BCUT2D eigenvalue weighted by Crippen LogP contribution is -2.04. The Hall–Kier alpha value is -2.09. The van der Waals surface area contributed by atoms with E-state index in [1.54, 1.807) is 0 Å². The second kappa shape index (κ2) is 4.54. The summed E-state index contributed by atoms with van der Waals surface area (Å²) in [4.78, 5) is 13.9. The number of aromatic nitrogens is 2. The molecule has 0 bridgehead atoms. The summed E-state index contributed by atoms with van der Waals surface area (Å²) in [7, 11) is 0. The van der Waals surface area contributed by atoms with Gasteiger partial charge in [0.25, 0.3) is 0 Å². The van der Waals surface area contributed by atoms with E-state index in [2.05, 4.69) is 14.7 Å². The van der Waals surface area contributed by atoms with E-state index < -0.39 is 18.0 Å². The fourth-order valence-corrected chi connectivity index (χ4v) is 1.54. The summed E-state index contributed by atoms with van der Waals surface area (Å²) in [5, 5.41) is 11.8. The van der Waals surface area contributed by atoms with Crippen LogP contribution in [0.5, 0.6) is 0 Å². The van der Waals surface area contributed by atoms with Gasteiger partial charge in [0.2, 0.25) is 5.82 Å². The Morgan fingerprint density at radius 2 is 2.05 bits per heavy atom. The van der Waals surface area contributed by atoms with Crippen molar-refractivity contribution in [2.24, 2.45) is 0 Å². The average molecular weight is 293 g/mol. The summed E-state index contributed by atoms with van der Waals surface area (Å²) in [6, 6.07) is 3.53. The van der Waals surface area contributed by atoms with Crippen molar-refractivity contribution in [3.8, 4) is 11.4 Å². The van der Waals surface area contributed by atoms with Crippen LogP contribution in [0.3, 0.4) is 0 Å². The second-order valence-electron chi connectivity index (χ2n) is 3.42. The molecule has 0 saturated heterocycles. The first-order valence-corrected chi connectivity index (χ1v) is 5.11. The fraction of sp³-hybridized carbons (Fsp3) is 0.100. The molecule has 0 spiro atoms. The van der Waals surface area contributed by atoms with Crippen molar-refractivity contribution in [2.75, 3.05) is 0 Å². The molecule has 0 fully saturated rings. The monoisotopic (exact) mass is 292 g/mol. The molecule has 1 N–H and O–H groups in total. The molecule has 0 unspecified atom stereocenters. The standard InChI is InChI=1S/C10H4ClF3N2O3/c11-6-3-4(1-2-5(6)8(17)18)7-15-9(19-16-7)10(12,13)14/h1-3H,(H,17,18). The van der Waals surface area contributed by atoms with Crippen molar-refractivity contribution < 1.29 is 27.6 Å². The number of rotatable bonds is 2. The highest BCUT2D eigenvalue weighted by atomic mass is 35.5. The van der Waals surface area contributed by atoms with E-state index >= 15 is 0 Å². The number of carbonyl (C=O) groups is 1. The summed E-state index contributed by atoms with van der Waals surface area (Å²) in [6.45, 7) is 0. The number of nitrogens with zero attached hydrogens (tertiary/aromatic N) is 2. The zero-order chi connectivity index (χ0) is 14.2. The minimum atomic E-state index is -4.74. The molecule has 0 aliphatic rings. The van der Waals surface area contributed by atoms with E-state index in [0.717, 1.165) is 12.1 Å². The highest BCUT2D eigenvalue weighted by molar-refractivity contribution is 6.33. The predicted molar refractivity (Wildman–Crippen MR) is 56.7 cm³/mol. The Balaban J connectivity index is 2.40. The third kappa shape index (κ3) is 2.68. The highest BCUT2D eigenvalue weighted by Gasteiger charge is 2.38. The number of carboxylic acids is 1. The van der Waals surface area contributed by atoms with Gasteiger partial charge >= 0.3 is 18.0 Å². The molecule has 0 aliphatic carbocycles. The summed E-state index contributed by atoms with van der Waals surface area (Å²) in [5.74, 6) is -3.06. The maximum absolute atomic E-state index is 12.3. The number of benzene rings is 1. The SMILES string of the molecule is O=C(O)c1ccc(-c2noc(C(F)(F)F)n2)cc1Cl. The van der Waals surface area contributed by atoms with Gasteiger partial charge in [0.1, 0.15) is 0 Å². The predicted octanol–water partition coefficient (Wildman–Crippen LogP) is 3.11. The van der Waals surface area contributed by atoms with E-state index in [9.17, 15) is 18.0 Å². The van der Waals surface area contributed by atoms with Gasteiger partial charge in [0.05, 0.1) is 10.6 Å². The maximum Gasteiger partial charge on any atom is 0.471 e. The number of hydrogen-bond acceptors (Lipinski definition) is 4. The second-order valence-corrected chi connectivity index (χ2v) is 3.83. The average Bonchev–Trinajstić information content (AvgIpc) is 2.76. The first-order valence-electron chi connectivity index (χ1n) is 4.73. The van der Waals surface area contributed by atoms with Gasteiger partial charge in [-0.3, -0.25) is 0 Å². The van der Waals surface area contributed by atoms with Crippen LogP contribution < -0.4 is 0 Å². The van der Waals surface area contributed by atoms with Crippen molar-refractivity contribution in [3.63, 3.8) is 0 Å². The number of halogens is 4. The molecule has 2 aromatic rings. The molecule has 0 atom stereocenters. The third-order valence-electron chi connectivity index (χ3n) is 2.13. The zero-order valence-corrected chi connectivity index (χ0v) is 9.66. The van der Waals surface area contributed by atoms with Gasteiger partial charge in [-0.2, -0.15) is 18.2 Å². The van der Waals surface area contributed by atoms with Crippen molar-refractivity contribution >= 4 is 17.6 Å². The molecule has 19 heavy (non-hydrogen) atoms. The molecule has 0 radical (unpaired) electrons. The van der Waals surface area contributed by atoms with Crippen molar-refractivity contribution in [1.82, 2.24) is 10.1 Å². The van der Waals surface area contributed by atoms with E-state index in [1.165, 1.54) is 6.07 Å². The van der Waals surface area contributed by atoms with Crippen LogP contribution in [0.2, 0.25) is 5.02 Å². The molecular weight excluding hydrogens is 289 g/mol. The molecule has 0 amide bonds. The van der Waals surface area contributed by atoms with Crippen LogP contribution in [-0.2, 0) is 6.18 Å². The Morgan fingerprint density at radius 1 is 1.37 bits per heavy atom. The number of hydrogen-bond donors (Lipinski definition) is 1. The van der Waals surface area contributed by atoms with E-state index in [-0.39, 0.29) is 22.0 Å². The largest absolute Gasteiger partial charge is 0.478 e. The van der Waals surface area contributed by atoms with Crippen LogP contribution >= 0.6 is 11.6 Å². The first-order chi connectivity index (χ1) is 8.79. The normalized spacial score (nSPS) is 11.6. The van der Waals surface area contributed by atoms with Gasteiger partial charge in [-0.25, -0.2) is 4.79 Å². The Bertz CT molecular complexity index is 639. The van der Waals surface area contributed by atoms with Crippen LogP contribution in [0.1, 0.15) is 16.2 Å². The lowest BCUT2D eigenvalue weighted by Gasteiger charge is -2.00. The number of aromatic carboxylic acids is 1. The van der Waals surface area contributed by atoms with Crippen LogP contribution in [0.15, 0.2) is 22.7 Å². The topological polar surface area (TPSA) is 76.2 Å². The summed E-state index contributed by atoms with van der Waals surface area (Å²) in [5.41, 5.74) is -0.0563. The van der Waals surface area contributed by atoms with E-state index in [0.29, 0.717) is 0 Å². The first kappa shape index (κ1) is 13.3. The smallest absolute Gasteiger partial charge is 0.471 e. The molecule has 0 saturated carbocycles. The number of alkyl halides is 3. The van der Waals surface area contributed by atoms with Gasteiger partial charge < -0.3 is 9.63 Å². The molecule has 5 nitrogen and oxygen atoms in total. The molecule has 9 heteroatoms. The molecule has 0 aliphatic heterocycles.